The number of aryl methyl sites for hydroxylation is 1. The third-order valence-corrected chi connectivity index (χ3v) is 4.67. The molecule has 112 valence electrons. The van der Waals surface area contributed by atoms with Crippen LogP contribution in [0.5, 0.6) is 0 Å². The summed E-state index contributed by atoms with van der Waals surface area (Å²) in [7, 11) is -3.82. The number of carbonyl (C=O) groups excluding carboxylic acids is 1. The Kier molecular flexibility index (Phi) is 5.30. The molecule has 0 fully saturated rings. The molecule has 6 heteroatoms. The lowest BCUT2D eigenvalue weighted by atomic mass is 10.0. The average Bonchev–Trinajstić information content (AvgIpc) is 2.36. The van der Waals surface area contributed by atoms with Crippen LogP contribution in [0.4, 0.5) is 0 Å². The fourth-order valence-corrected chi connectivity index (χ4v) is 2.64. The number of nitrogens with one attached hydrogen (secondary N) is 1. The van der Waals surface area contributed by atoms with Crippen LogP contribution in [0.1, 0.15) is 43.1 Å². The molecule has 0 aliphatic rings. The first-order valence-corrected chi connectivity index (χ1v) is 8.15. The number of hydrogen-bond acceptors (Lipinski definition) is 3. The van der Waals surface area contributed by atoms with Gasteiger partial charge in [-0.05, 0) is 37.5 Å². The maximum atomic E-state index is 12.1. The number of sulfonamides is 1. The van der Waals surface area contributed by atoms with Gasteiger partial charge in [-0.2, -0.15) is 0 Å². The smallest absolute Gasteiger partial charge is 0.251 e. The van der Waals surface area contributed by atoms with Gasteiger partial charge >= 0.3 is 0 Å². The molecule has 2 atom stereocenters. The topological polar surface area (TPSA) is 89.3 Å². The average molecular weight is 298 g/mol. The van der Waals surface area contributed by atoms with Gasteiger partial charge in [0.2, 0.25) is 10.0 Å². The standard InChI is InChI=1S/C14H22N2O3S/c1-5-9(2)11(4)16-14(17)12-7-6-10(3)13(8-12)20(15,18)19/h6-9,11H,5H2,1-4H3,(H,16,17)(H2,15,18,19). The minimum Gasteiger partial charge on any atom is -0.349 e. The van der Waals surface area contributed by atoms with Crippen LogP contribution in [0.2, 0.25) is 0 Å². The highest BCUT2D eigenvalue weighted by Crippen LogP contribution is 2.16. The second-order valence-electron chi connectivity index (χ2n) is 5.17. The number of benzene rings is 1. The van der Waals surface area contributed by atoms with Crippen molar-refractivity contribution in [3.05, 3.63) is 29.3 Å². The van der Waals surface area contributed by atoms with E-state index in [-0.39, 0.29) is 16.8 Å². The molecule has 20 heavy (non-hydrogen) atoms. The molecule has 0 aromatic heterocycles. The van der Waals surface area contributed by atoms with Crippen molar-refractivity contribution in [1.82, 2.24) is 5.32 Å². The molecule has 1 aromatic rings. The summed E-state index contributed by atoms with van der Waals surface area (Å²) in [6, 6.07) is 4.53. The molecule has 3 N–H and O–H groups in total. The number of primary sulfonamides is 1. The van der Waals surface area contributed by atoms with Crippen LogP contribution in [-0.4, -0.2) is 20.4 Å². The molecule has 5 nitrogen and oxygen atoms in total. The summed E-state index contributed by atoms with van der Waals surface area (Å²) in [6.45, 7) is 7.68. The highest BCUT2D eigenvalue weighted by Gasteiger charge is 2.18. The van der Waals surface area contributed by atoms with Crippen LogP contribution in [-0.2, 0) is 10.0 Å². The van der Waals surface area contributed by atoms with E-state index in [1.54, 1.807) is 19.1 Å². The fourth-order valence-electron chi connectivity index (χ4n) is 1.83. The van der Waals surface area contributed by atoms with Crippen LogP contribution < -0.4 is 10.5 Å². The van der Waals surface area contributed by atoms with Crippen molar-refractivity contribution < 1.29 is 13.2 Å². The van der Waals surface area contributed by atoms with Crippen LogP contribution in [0, 0.1) is 12.8 Å². The molecular weight excluding hydrogens is 276 g/mol. The van der Waals surface area contributed by atoms with Crippen LogP contribution in [0.25, 0.3) is 0 Å². The predicted molar refractivity (Wildman–Crippen MR) is 78.9 cm³/mol. The predicted octanol–water partition coefficient (Wildman–Crippen LogP) is 1.81. The monoisotopic (exact) mass is 298 g/mol. The second kappa shape index (κ2) is 6.37. The number of carbonyl (C=O) groups is 1. The molecule has 0 radical (unpaired) electrons. The molecule has 0 saturated heterocycles. The zero-order chi connectivity index (χ0) is 15.5. The summed E-state index contributed by atoms with van der Waals surface area (Å²) in [5.74, 6) is 0.0600. The van der Waals surface area contributed by atoms with E-state index < -0.39 is 10.0 Å². The minimum absolute atomic E-state index is 0.0126. The number of hydrogen-bond donors (Lipinski definition) is 2. The molecule has 0 aliphatic carbocycles. The largest absolute Gasteiger partial charge is 0.349 e. The Morgan fingerprint density at radius 1 is 1.35 bits per heavy atom. The van der Waals surface area contributed by atoms with Crippen LogP contribution >= 0.6 is 0 Å². The van der Waals surface area contributed by atoms with Crippen molar-refractivity contribution >= 4 is 15.9 Å². The summed E-state index contributed by atoms with van der Waals surface area (Å²) < 4.78 is 22.9. The van der Waals surface area contributed by atoms with E-state index in [1.807, 2.05) is 6.92 Å². The van der Waals surface area contributed by atoms with Gasteiger partial charge in [0.1, 0.15) is 0 Å². The van der Waals surface area contributed by atoms with E-state index in [0.717, 1.165) is 6.42 Å². The van der Waals surface area contributed by atoms with Gasteiger partial charge in [-0.25, -0.2) is 13.6 Å². The van der Waals surface area contributed by atoms with Gasteiger partial charge in [-0.15, -0.1) is 0 Å². The Labute approximate surface area is 120 Å². The van der Waals surface area contributed by atoms with Crippen LogP contribution in [0.3, 0.4) is 0 Å². The van der Waals surface area contributed by atoms with Crippen molar-refractivity contribution in [2.75, 3.05) is 0 Å². The molecule has 0 saturated carbocycles. The lowest BCUT2D eigenvalue weighted by Gasteiger charge is -2.20. The Morgan fingerprint density at radius 3 is 2.45 bits per heavy atom. The maximum Gasteiger partial charge on any atom is 0.251 e. The van der Waals surface area contributed by atoms with E-state index in [1.165, 1.54) is 6.07 Å². The molecule has 0 heterocycles. The van der Waals surface area contributed by atoms with Gasteiger partial charge in [0.15, 0.2) is 0 Å². The quantitative estimate of drug-likeness (QED) is 0.868. The normalized spacial score (nSPS) is 14.7. The van der Waals surface area contributed by atoms with Crippen molar-refractivity contribution in [3.63, 3.8) is 0 Å². The third-order valence-electron chi connectivity index (χ3n) is 3.61. The highest BCUT2D eigenvalue weighted by atomic mass is 32.2. The summed E-state index contributed by atoms with van der Waals surface area (Å²) in [4.78, 5) is 12.1. The van der Waals surface area contributed by atoms with E-state index in [4.69, 9.17) is 5.14 Å². The SMILES string of the molecule is CCC(C)C(C)NC(=O)c1ccc(C)c(S(N)(=O)=O)c1. The van der Waals surface area contributed by atoms with E-state index in [2.05, 4.69) is 19.2 Å². The Balaban J connectivity index is 3.01. The number of nitrogens with two attached hydrogens (primary N) is 1. The molecule has 1 rings (SSSR count). The van der Waals surface area contributed by atoms with E-state index in [0.29, 0.717) is 17.0 Å². The van der Waals surface area contributed by atoms with Gasteiger partial charge < -0.3 is 5.32 Å². The van der Waals surface area contributed by atoms with Crippen molar-refractivity contribution in [3.8, 4) is 0 Å². The zero-order valence-corrected chi connectivity index (χ0v) is 13.1. The Bertz CT molecular complexity index is 596. The molecular formula is C14H22N2O3S. The van der Waals surface area contributed by atoms with Gasteiger partial charge in [0, 0.05) is 11.6 Å². The highest BCUT2D eigenvalue weighted by molar-refractivity contribution is 7.89. The molecule has 2 unspecified atom stereocenters. The lowest BCUT2D eigenvalue weighted by Crippen LogP contribution is -2.37. The molecule has 0 spiro atoms. The number of amides is 1. The summed E-state index contributed by atoms with van der Waals surface area (Å²) in [6.07, 6.45) is 0.956. The Morgan fingerprint density at radius 2 is 1.95 bits per heavy atom. The van der Waals surface area contributed by atoms with Gasteiger partial charge in [-0.1, -0.05) is 26.3 Å². The van der Waals surface area contributed by atoms with Gasteiger partial charge in [-0.3, -0.25) is 4.79 Å². The maximum absolute atomic E-state index is 12.1. The number of rotatable bonds is 5. The second-order valence-corrected chi connectivity index (χ2v) is 6.70. The summed E-state index contributed by atoms with van der Waals surface area (Å²) in [5, 5.41) is 8.01. The van der Waals surface area contributed by atoms with Crippen molar-refractivity contribution in [2.45, 2.75) is 45.1 Å². The van der Waals surface area contributed by atoms with E-state index >= 15 is 0 Å². The molecule has 1 amide bonds. The molecule has 0 bridgehead atoms. The first kappa shape index (κ1) is 16.7. The van der Waals surface area contributed by atoms with E-state index in [9.17, 15) is 13.2 Å². The minimum atomic E-state index is -3.82. The van der Waals surface area contributed by atoms with Crippen LogP contribution in [0.15, 0.2) is 23.1 Å². The van der Waals surface area contributed by atoms with Gasteiger partial charge in [0.05, 0.1) is 4.90 Å². The fraction of sp³-hybridized carbons (Fsp3) is 0.500. The first-order valence-electron chi connectivity index (χ1n) is 6.61. The van der Waals surface area contributed by atoms with Crippen molar-refractivity contribution in [2.24, 2.45) is 11.1 Å². The zero-order valence-electron chi connectivity index (χ0n) is 12.3. The third kappa shape index (κ3) is 4.05. The first-order chi connectivity index (χ1) is 9.16. The molecule has 1 aromatic carbocycles. The van der Waals surface area contributed by atoms with Crippen molar-refractivity contribution in [1.29, 1.82) is 0 Å². The van der Waals surface area contributed by atoms with Gasteiger partial charge in [0.25, 0.3) is 5.91 Å². The Hall–Kier alpha value is -1.40. The lowest BCUT2D eigenvalue weighted by molar-refractivity contribution is 0.0928. The summed E-state index contributed by atoms with van der Waals surface area (Å²) in [5.41, 5.74) is 0.828. The summed E-state index contributed by atoms with van der Waals surface area (Å²) >= 11 is 0. The molecule has 0 aliphatic heterocycles.